The van der Waals surface area contributed by atoms with Crippen LogP contribution in [0.5, 0.6) is 11.5 Å². The lowest BCUT2D eigenvalue weighted by molar-refractivity contribution is -0.384. The Labute approximate surface area is 226 Å². The smallest absolute Gasteiger partial charge is 0.346 e. The third kappa shape index (κ3) is 4.85. The van der Waals surface area contributed by atoms with E-state index in [1.807, 2.05) is 0 Å². The van der Waals surface area contributed by atoms with Gasteiger partial charge in [0.2, 0.25) is 5.82 Å². The number of carbonyl (C=O) groups is 1. The number of rotatable bonds is 8. The van der Waals surface area contributed by atoms with E-state index in [9.17, 15) is 19.7 Å². The number of nitro benzene ring substituents is 1. The second kappa shape index (κ2) is 10.7. The number of nitrogens with zero attached hydrogens (tertiary/aromatic N) is 4. The summed E-state index contributed by atoms with van der Waals surface area (Å²) in [4.78, 5) is 41.0. The van der Waals surface area contributed by atoms with Gasteiger partial charge in [0.15, 0.2) is 11.9 Å². The van der Waals surface area contributed by atoms with E-state index in [1.54, 1.807) is 48.5 Å². The van der Waals surface area contributed by atoms with Gasteiger partial charge in [-0.05, 0) is 43.3 Å². The van der Waals surface area contributed by atoms with Crippen molar-refractivity contribution in [3.8, 4) is 23.1 Å². The summed E-state index contributed by atoms with van der Waals surface area (Å²) in [5.41, 5.74) is 0.335. The zero-order valence-electron chi connectivity index (χ0n) is 21.6. The number of furan rings is 1. The molecule has 12 nitrogen and oxygen atoms in total. The molecule has 12 heteroatoms. The number of ether oxygens (including phenoxy) is 3. The minimum absolute atomic E-state index is 0.0917. The fourth-order valence-corrected chi connectivity index (χ4v) is 4.09. The van der Waals surface area contributed by atoms with Gasteiger partial charge in [0, 0.05) is 17.7 Å². The van der Waals surface area contributed by atoms with Gasteiger partial charge in [-0.2, -0.15) is 9.78 Å². The molecule has 0 unspecified atom stereocenters. The molecule has 0 saturated carbocycles. The van der Waals surface area contributed by atoms with E-state index >= 15 is 0 Å². The van der Waals surface area contributed by atoms with Gasteiger partial charge in [-0.1, -0.05) is 18.2 Å². The van der Waals surface area contributed by atoms with Crippen LogP contribution in [-0.4, -0.2) is 47.1 Å². The first-order valence-corrected chi connectivity index (χ1v) is 12.0. The second-order valence-electron chi connectivity index (χ2n) is 8.56. The van der Waals surface area contributed by atoms with Gasteiger partial charge in [0.1, 0.15) is 17.1 Å². The molecule has 3 aromatic carbocycles. The number of benzene rings is 3. The van der Waals surface area contributed by atoms with Gasteiger partial charge in [-0.15, -0.1) is 0 Å². The number of fused-ring (bicyclic) bond motifs is 2. The predicted octanol–water partition coefficient (Wildman–Crippen LogP) is 4.55. The van der Waals surface area contributed by atoms with Crippen molar-refractivity contribution in [3.05, 3.63) is 92.8 Å². The van der Waals surface area contributed by atoms with Crippen LogP contribution >= 0.6 is 0 Å². The van der Waals surface area contributed by atoms with Crippen LogP contribution in [-0.2, 0) is 9.53 Å². The maximum Gasteiger partial charge on any atom is 0.346 e. The van der Waals surface area contributed by atoms with E-state index in [4.69, 9.17) is 18.6 Å². The van der Waals surface area contributed by atoms with Gasteiger partial charge < -0.3 is 18.6 Å². The molecule has 0 aliphatic rings. The van der Waals surface area contributed by atoms with Gasteiger partial charge in [-0.25, -0.2) is 9.78 Å². The Morgan fingerprint density at radius 3 is 2.62 bits per heavy atom. The predicted molar refractivity (Wildman–Crippen MR) is 146 cm³/mol. The molecule has 2 heterocycles. The van der Waals surface area contributed by atoms with Crippen LogP contribution in [0.4, 0.5) is 5.69 Å². The highest BCUT2D eigenvalue weighted by atomic mass is 16.6. The van der Waals surface area contributed by atoms with E-state index in [-0.39, 0.29) is 28.6 Å². The van der Waals surface area contributed by atoms with Crippen molar-refractivity contribution in [2.45, 2.75) is 13.0 Å². The van der Waals surface area contributed by atoms with Gasteiger partial charge in [0.05, 0.1) is 41.6 Å². The standard InChI is InChI=1S/C28H22N4O8/c1-16(28(34)38-3)39-22-12-11-18(32(35)36)13-17(22)15-29-31-26(30-21-8-5-4-7-19(21)27(31)33)25-14-20-23(37-2)9-6-10-24(20)40-25/h4-16H,1-3H3/t16-/m0/s1. The molecule has 1 atom stereocenters. The number of aromatic nitrogens is 2. The first-order valence-electron chi connectivity index (χ1n) is 12.0. The van der Waals surface area contributed by atoms with E-state index in [0.29, 0.717) is 27.6 Å². The maximum absolute atomic E-state index is 13.6. The molecule has 0 N–H and O–H groups in total. The monoisotopic (exact) mass is 542 g/mol. The van der Waals surface area contributed by atoms with Gasteiger partial charge in [-0.3, -0.25) is 14.9 Å². The summed E-state index contributed by atoms with van der Waals surface area (Å²) in [7, 11) is 2.75. The average Bonchev–Trinajstić information content (AvgIpc) is 3.41. The summed E-state index contributed by atoms with van der Waals surface area (Å²) in [5, 5.41) is 16.8. The summed E-state index contributed by atoms with van der Waals surface area (Å²) >= 11 is 0. The van der Waals surface area contributed by atoms with Crippen molar-refractivity contribution in [2.75, 3.05) is 14.2 Å². The molecule has 40 heavy (non-hydrogen) atoms. The normalized spacial score (nSPS) is 12.1. The molecule has 0 radical (unpaired) electrons. The third-order valence-corrected chi connectivity index (χ3v) is 6.07. The molecular weight excluding hydrogens is 520 g/mol. The Hall–Kier alpha value is -5.52. The van der Waals surface area contributed by atoms with E-state index in [1.165, 1.54) is 45.6 Å². The van der Waals surface area contributed by atoms with Crippen molar-refractivity contribution in [3.63, 3.8) is 0 Å². The molecule has 0 amide bonds. The quantitative estimate of drug-likeness (QED) is 0.119. The SMILES string of the molecule is COC(=O)[C@H](C)Oc1ccc([N+](=O)[O-])cc1C=Nn1c(-c2cc3c(OC)cccc3o2)nc2ccccc2c1=O. The summed E-state index contributed by atoms with van der Waals surface area (Å²) in [6, 6.07) is 17.5. The fourth-order valence-electron chi connectivity index (χ4n) is 4.09. The molecule has 0 fully saturated rings. The van der Waals surface area contributed by atoms with Crippen molar-refractivity contribution < 1.29 is 28.3 Å². The zero-order valence-corrected chi connectivity index (χ0v) is 21.6. The highest BCUT2D eigenvalue weighted by Gasteiger charge is 2.20. The fraction of sp³-hybridized carbons (Fsp3) is 0.143. The molecule has 5 aromatic rings. The van der Waals surface area contributed by atoms with E-state index in [0.717, 1.165) is 4.68 Å². The van der Waals surface area contributed by atoms with E-state index < -0.39 is 22.6 Å². The van der Waals surface area contributed by atoms with Crippen molar-refractivity contribution >= 4 is 39.7 Å². The molecule has 0 saturated heterocycles. The average molecular weight is 543 g/mol. The lowest BCUT2D eigenvalue weighted by Gasteiger charge is -2.14. The van der Waals surface area contributed by atoms with Gasteiger partial charge >= 0.3 is 5.97 Å². The third-order valence-electron chi connectivity index (χ3n) is 6.07. The summed E-state index contributed by atoms with van der Waals surface area (Å²) < 4.78 is 22.9. The van der Waals surface area contributed by atoms with Crippen LogP contribution < -0.4 is 15.0 Å². The number of methoxy groups -OCH3 is 2. The lowest BCUT2D eigenvalue weighted by Crippen LogP contribution is -2.25. The highest BCUT2D eigenvalue weighted by Crippen LogP contribution is 2.33. The molecule has 0 aliphatic carbocycles. The van der Waals surface area contributed by atoms with Crippen molar-refractivity contribution in [2.24, 2.45) is 5.10 Å². The first-order chi connectivity index (χ1) is 19.3. The number of non-ortho nitro benzene ring substituents is 1. The topological polar surface area (TPSA) is 148 Å². The molecule has 0 aliphatic heterocycles. The highest BCUT2D eigenvalue weighted by molar-refractivity contribution is 5.89. The minimum Gasteiger partial charge on any atom is -0.496 e. The van der Waals surface area contributed by atoms with Crippen LogP contribution in [0.2, 0.25) is 0 Å². The summed E-state index contributed by atoms with van der Waals surface area (Å²) in [5.74, 6) is 0.384. The van der Waals surface area contributed by atoms with Crippen molar-refractivity contribution in [1.29, 1.82) is 0 Å². The molecule has 0 spiro atoms. The van der Waals surface area contributed by atoms with E-state index in [2.05, 4.69) is 10.1 Å². The molecule has 2 aromatic heterocycles. The Balaban J connectivity index is 1.69. The number of nitro groups is 1. The van der Waals surface area contributed by atoms with Gasteiger partial charge in [0.25, 0.3) is 11.2 Å². The maximum atomic E-state index is 13.6. The summed E-state index contributed by atoms with van der Waals surface area (Å²) in [6.07, 6.45) is 0.210. The number of esters is 1. The van der Waals surface area contributed by atoms with Crippen LogP contribution in [0.1, 0.15) is 12.5 Å². The zero-order chi connectivity index (χ0) is 28.4. The number of hydrogen-bond donors (Lipinski definition) is 0. The molecular formula is C28H22N4O8. The summed E-state index contributed by atoms with van der Waals surface area (Å²) in [6.45, 7) is 1.47. The van der Waals surface area contributed by atoms with Crippen molar-refractivity contribution in [1.82, 2.24) is 9.66 Å². The minimum atomic E-state index is -1.01. The number of hydrogen-bond acceptors (Lipinski definition) is 10. The number of para-hydroxylation sites is 1. The van der Waals surface area contributed by atoms with Crippen LogP contribution in [0, 0.1) is 10.1 Å². The lowest BCUT2D eigenvalue weighted by atomic mass is 10.2. The molecule has 5 rings (SSSR count). The molecule has 202 valence electrons. The Bertz CT molecular complexity index is 1860. The van der Waals surface area contributed by atoms with Crippen LogP contribution in [0.25, 0.3) is 33.5 Å². The Morgan fingerprint density at radius 2 is 1.88 bits per heavy atom. The Kier molecular flexibility index (Phi) is 6.98. The largest absolute Gasteiger partial charge is 0.496 e. The Morgan fingerprint density at radius 1 is 1.07 bits per heavy atom. The molecule has 0 bridgehead atoms. The van der Waals surface area contributed by atoms with Crippen LogP contribution in [0.15, 0.2) is 81.0 Å². The first kappa shape index (κ1) is 26.1. The number of carbonyl (C=O) groups excluding carboxylic acids is 1. The van der Waals surface area contributed by atoms with Crippen LogP contribution in [0.3, 0.4) is 0 Å². The second-order valence-corrected chi connectivity index (χ2v) is 8.56.